The first-order valence-electron chi connectivity index (χ1n) is 11.2. The molecule has 0 radical (unpaired) electrons. The number of rotatable bonds is 15. The number of thioether (sulfide) groups is 1. The number of carbonyl (C=O) groups excluding carboxylic acids is 1. The van der Waals surface area contributed by atoms with Crippen LogP contribution in [0.3, 0.4) is 0 Å². The van der Waals surface area contributed by atoms with Crippen molar-refractivity contribution in [3.63, 3.8) is 0 Å². The minimum absolute atomic E-state index is 0.0724. The molecule has 1 fully saturated rings. The maximum Gasteiger partial charge on any atom is 0.332 e. The van der Waals surface area contributed by atoms with Gasteiger partial charge in [0.25, 0.3) is 0 Å². The van der Waals surface area contributed by atoms with Gasteiger partial charge in [-0.2, -0.15) is 11.8 Å². The van der Waals surface area contributed by atoms with E-state index in [2.05, 4.69) is 32.9 Å². The molecule has 1 saturated carbocycles. The molecule has 1 unspecified atom stereocenters. The van der Waals surface area contributed by atoms with Crippen LogP contribution >= 0.6 is 11.8 Å². The van der Waals surface area contributed by atoms with E-state index in [1.54, 1.807) is 11.8 Å². The van der Waals surface area contributed by atoms with Crippen LogP contribution in [0.2, 0.25) is 0 Å². The SMILES string of the molecule is CCCCC(C)(C)C/C=C/[C@H]1[C@@H](SCCO)CC(=O)[C@@H]1C/C=C\CCC(O)C(=O)O. The van der Waals surface area contributed by atoms with Gasteiger partial charge in [-0.15, -0.1) is 0 Å². The van der Waals surface area contributed by atoms with Crippen LogP contribution in [0.5, 0.6) is 0 Å². The number of aliphatic hydroxyl groups is 2. The molecular weight excluding hydrogens is 400 g/mol. The molecule has 0 aromatic heterocycles. The molecule has 0 amide bonds. The zero-order chi connectivity index (χ0) is 22.6. The first-order valence-corrected chi connectivity index (χ1v) is 12.2. The summed E-state index contributed by atoms with van der Waals surface area (Å²) in [6.45, 7) is 6.90. The van der Waals surface area contributed by atoms with Gasteiger partial charge in [0, 0.05) is 23.3 Å². The van der Waals surface area contributed by atoms with E-state index >= 15 is 0 Å². The molecule has 0 bridgehead atoms. The van der Waals surface area contributed by atoms with Crippen LogP contribution in [0.25, 0.3) is 0 Å². The number of hydrogen-bond acceptors (Lipinski definition) is 5. The first kappa shape index (κ1) is 26.9. The average Bonchev–Trinajstić information content (AvgIpc) is 2.98. The van der Waals surface area contributed by atoms with Crippen LogP contribution in [0.15, 0.2) is 24.3 Å². The molecule has 30 heavy (non-hydrogen) atoms. The lowest BCUT2D eigenvalue weighted by Crippen LogP contribution is -2.18. The van der Waals surface area contributed by atoms with Crippen molar-refractivity contribution in [2.75, 3.05) is 12.4 Å². The summed E-state index contributed by atoms with van der Waals surface area (Å²) in [5.74, 6) is -0.215. The fraction of sp³-hybridized carbons (Fsp3) is 0.750. The number of ketones is 1. The lowest BCUT2D eigenvalue weighted by Gasteiger charge is -2.24. The molecule has 0 heterocycles. The molecule has 6 heteroatoms. The highest BCUT2D eigenvalue weighted by Crippen LogP contribution is 2.40. The smallest absolute Gasteiger partial charge is 0.332 e. The summed E-state index contributed by atoms with van der Waals surface area (Å²) < 4.78 is 0. The van der Waals surface area contributed by atoms with E-state index in [-0.39, 0.29) is 41.3 Å². The molecule has 0 aromatic carbocycles. The molecule has 0 aliphatic heterocycles. The Morgan fingerprint density at radius 3 is 2.67 bits per heavy atom. The highest BCUT2D eigenvalue weighted by Gasteiger charge is 2.40. The van der Waals surface area contributed by atoms with Gasteiger partial charge < -0.3 is 15.3 Å². The van der Waals surface area contributed by atoms with Crippen LogP contribution in [0.1, 0.15) is 72.1 Å². The second-order valence-electron chi connectivity index (χ2n) is 9.03. The topological polar surface area (TPSA) is 94.8 Å². The van der Waals surface area contributed by atoms with Gasteiger partial charge >= 0.3 is 5.97 Å². The van der Waals surface area contributed by atoms with Gasteiger partial charge in [0.1, 0.15) is 5.78 Å². The highest BCUT2D eigenvalue weighted by atomic mass is 32.2. The van der Waals surface area contributed by atoms with Crippen LogP contribution < -0.4 is 0 Å². The lowest BCUT2D eigenvalue weighted by atomic mass is 9.83. The number of aliphatic hydroxyl groups excluding tert-OH is 2. The summed E-state index contributed by atoms with van der Waals surface area (Å²) in [6, 6.07) is 0. The number of carboxylic acid groups (broad SMARTS) is 1. The van der Waals surface area contributed by atoms with E-state index < -0.39 is 12.1 Å². The predicted octanol–water partition coefficient (Wildman–Crippen LogP) is 4.62. The Morgan fingerprint density at radius 2 is 2.03 bits per heavy atom. The molecule has 4 atom stereocenters. The lowest BCUT2D eigenvalue weighted by molar-refractivity contribution is -0.146. The summed E-state index contributed by atoms with van der Waals surface area (Å²) in [4.78, 5) is 23.3. The number of allylic oxidation sites excluding steroid dienone is 4. The van der Waals surface area contributed by atoms with Gasteiger partial charge in [-0.05, 0) is 43.4 Å². The molecule has 3 N–H and O–H groups in total. The van der Waals surface area contributed by atoms with Crippen molar-refractivity contribution in [1.82, 2.24) is 0 Å². The van der Waals surface area contributed by atoms with Gasteiger partial charge in [0.05, 0.1) is 6.61 Å². The zero-order valence-electron chi connectivity index (χ0n) is 18.8. The van der Waals surface area contributed by atoms with E-state index in [4.69, 9.17) is 5.11 Å². The van der Waals surface area contributed by atoms with E-state index in [0.717, 1.165) is 6.42 Å². The molecule has 5 nitrogen and oxygen atoms in total. The van der Waals surface area contributed by atoms with Crippen LogP contribution in [-0.2, 0) is 9.59 Å². The molecule has 1 rings (SSSR count). The molecule has 1 aliphatic rings. The summed E-state index contributed by atoms with van der Waals surface area (Å²) in [6.07, 6.45) is 13.4. The highest BCUT2D eigenvalue weighted by molar-refractivity contribution is 8.00. The van der Waals surface area contributed by atoms with Crippen molar-refractivity contribution in [3.05, 3.63) is 24.3 Å². The summed E-state index contributed by atoms with van der Waals surface area (Å²) in [5, 5.41) is 27.5. The third-order valence-corrected chi connectivity index (χ3v) is 7.14. The second-order valence-corrected chi connectivity index (χ2v) is 10.4. The quantitative estimate of drug-likeness (QED) is 0.322. The standard InChI is InChI=1S/C24H40O5S/c1-4-5-13-24(2,3)14-9-11-19-18(21(27)17-22(19)30-16-15-25)10-7-6-8-12-20(26)23(28)29/h6-7,9,11,18-20,22,25-26H,4-5,8,10,12-17H2,1-3H3,(H,28,29)/b7-6-,11-9+/t18-,19-,20?,22+/m1/s1. The zero-order valence-corrected chi connectivity index (χ0v) is 19.6. The van der Waals surface area contributed by atoms with Gasteiger partial charge in [-0.25, -0.2) is 4.79 Å². The number of aliphatic carboxylic acids is 1. The second kappa shape index (κ2) is 14.0. The van der Waals surface area contributed by atoms with Gasteiger partial charge in [-0.1, -0.05) is 57.9 Å². The van der Waals surface area contributed by atoms with Crippen LogP contribution in [0.4, 0.5) is 0 Å². The van der Waals surface area contributed by atoms with E-state index in [1.165, 1.54) is 19.3 Å². The molecule has 0 spiro atoms. The summed E-state index contributed by atoms with van der Waals surface area (Å²) in [7, 11) is 0. The fourth-order valence-corrected chi connectivity index (χ4v) is 5.11. The largest absolute Gasteiger partial charge is 0.479 e. The molecule has 172 valence electrons. The molecule has 0 aromatic rings. The number of Topliss-reactive ketones (excluding diaryl/α,β-unsaturated/α-hetero) is 1. The Labute approximate surface area is 186 Å². The molecular formula is C24H40O5S. The van der Waals surface area contributed by atoms with Gasteiger partial charge in [0.2, 0.25) is 0 Å². The number of carbonyl (C=O) groups is 2. The van der Waals surface area contributed by atoms with Crippen molar-refractivity contribution in [3.8, 4) is 0 Å². The van der Waals surface area contributed by atoms with E-state index in [9.17, 15) is 19.8 Å². The molecule has 0 saturated heterocycles. The van der Waals surface area contributed by atoms with Crippen molar-refractivity contribution >= 4 is 23.5 Å². The Balaban J connectivity index is 2.72. The number of unbranched alkanes of at least 4 members (excludes halogenated alkanes) is 1. The van der Waals surface area contributed by atoms with Crippen molar-refractivity contribution in [2.24, 2.45) is 17.3 Å². The van der Waals surface area contributed by atoms with Gasteiger partial charge in [-0.3, -0.25) is 4.79 Å². The summed E-state index contributed by atoms with van der Waals surface area (Å²) in [5.41, 5.74) is 0.253. The average molecular weight is 441 g/mol. The van der Waals surface area contributed by atoms with Crippen molar-refractivity contribution < 1.29 is 24.9 Å². The molecule has 1 aliphatic carbocycles. The Bertz CT molecular complexity index is 584. The van der Waals surface area contributed by atoms with E-state index in [0.29, 0.717) is 25.0 Å². The van der Waals surface area contributed by atoms with Crippen LogP contribution in [-0.4, -0.2) is 50.8 Å². The Morgan fingerprint density at radius 1 is 1.30 bits per heavy atom. The number of carboxylic acids is 1. The van der Waals surface area contributed by atoms with Crippen molar-refractivity contribution in [1.29, 1.82) is 0 Å². The van der Waals surface area contributed by atoms with E-state index in [1.807, 2.05) is 12.2 Å². The Kier molecular flexibility index (Phi) is 12.6. The number of hydrogen-bond donors (Lipinski definition) is 3. The maximum atomic E-state index is 12.7. The third kappa shape index (κ3) is 9.80. The van der Waals surface area contributed by atoms with Crippen molar-refractivity contribution in [2.45, 2.75) is 83.5 Å². The maximum absolute atomic E-state index is 12.7. The van der Waals surface area contributed by atoms with Crippen LogP contribution in [0, 0.1) is 17.3 Å². The normalized spacial score (nSPS) is 23.6. The van der Waals surface area contributed by atoms with Gasteiger partial charge in [0.15, 0.2) is 6.10 Å². The summed E-state index contributed by atoms with van der Waals surface area (Å²) >= 11 is 1.68. The monoisotopic (exact) mass is 440 g/mol. The first-order chi connectivity index (χ1) is 14.2. The minimum atomic E-state index is -1.34. The fourth-order valence-electron chi connectivity index (χ4n) is 3.92. The third-order valence-electron chi connectivity index (χ3n) is 5.82. The predicted molar refractivity (Wildman–Crippen MR) is 124 cm³/mol. The minimum Gasteiger partial charge on any atom is -0.479 e. The Hall–Kier alpha value is -1.11.